The lowest BCUT2D eigenvalue weighted by molar-refractivity contribution is 0.100. The SMILES string of the molecule is NC(=O)c1ccc(OCCC2CCNC2)cc1. The molecule has 1 aliphatic heterocycles. The highest BCUT2D eigenvalue weighted by atomic mass is 16.5. The van der Waals surface area contributed by atoms with Gasteiger partial charge in [-0.2, -0.15) is 0 Å². The minimum Gasteiger partial charge on any atom is -0.494 e. The molecule has 0 spiro atoms. The van der Waals surface area contributed by atoms with Crippen molar-refractivity contribution in [3.8, 4) is 5.75 Å². The summed E-state index contributed by atoms with van der Waals surface area (Å²) >= 11 is 0. The van der Waals surface area contributed by atoms with Gasteiger partial charge in [0.2, 0.25) is 5.91 Å². The Bertz CT molecular complexity index is 370. The van der Waals surface area contributed by atoms with E-state index in [0.717, 1.165) is 37.8 Å². The Balaban J connectivity index is 1.76. The predicted octanol–water partition coefficient (Wildman–Crippen LogP) is 1.16. The van der Waals surface area contributed by atoms with E-state index in [9.17, 15) is 4.79 Å². The third-order valence-corrected chi connectivity index (χ3v) is 3.10. The highest BCUT2D eigenvalue weighted by Crippen LogP contribution is 2.15. The topological polar surface area (TPSA) is 64.4 Å². The third kappa shape index (κ3) is 3.46. The first-order valence-electron chi connectivity index (χ1n) is 5.99. The van der Waals surface area contributed by atoms with Crippen LogP contribution in [-0.2, 0) is 0 Å². The van der Waals surface area contributed by atoms with Gasteiger partial charge in [-0.1, -0.05) is 0 Å². The summed E-state index contributed by atoms with van der Waals surface area (Å²) in [5, 5.41) is 3.33. The second-order valence-corrected chi connectivity index (χ2v) is 4.38. The molecular weight excluding hydrogens is 216 g/mol. The molecular formula is C13H18N2O2. The van der Waals surface area contributed by atoms with Crippen molar-refractivity contribution in [3.63, 3.8) is 0 Å². The number of nitrogens with two attached hydrogens (primary N) is 1. The van der Waals surface area contributed by atoms with E-state index in [2.05, 4.69) is 5.32 Å². The van der Waals surface area contributed by atoms with Crippen molar-refractivity contribution in [1.82, 2.24) is 5.32 Å². The summed E-state index contributed by atoms with van der Waals surface area (Å²) in [6.45, 7) is 2.95. The van der Waals surface area contributed by atoms with Gasteiger partial charge in [0.05, 0.1) is 6.61 Å². The first-order chi connectivity index (χ1) is 8.25. The van der Waals surface area contributed by atoms with Gasteiger partial charge in [0.25, 0.3) is 0 Å². The molecule has 92 valence electrons. The summed E-state index contributed by atoms with van der Waals surface area (Å²) in [5.74, 6) is 1.12. The zero-order valence-electron chi connectivity index (χ0n) is 9.82. The van der Waals surface area contributed by atoms with Crippen molar-refractivity contribution in [3.05, 3.63) is 29.8 Å². The second-order valence-electron chi connectivity index (χ2n) is 4.38. The van der Waals surface area contributed by atoms with Crippen LogP contribution in [0.2, 0.25) is 0 Å². The van der Waals surface area contributed by atoms with Crippen molar-refractivity contribution in [1.29, 1.82) is 0 Å². The van der Waals surface area contributed by atoms with Crippen molar-refractivity contribution in [2.45, 2.75) is 12.8 Å². The van der Waals surface area contributed by atoms with Crippen LogP contribution in [0.5, 0.6) is 5.75 Å². The van der Waals surface area contributed by atoms with Gasteiger partial charge in [-0.3, -0.25) is 4.79 Å². The average molecular weight is 234 g/mol. The van der Waals surface area contributed by atoms with Gasteiger partial charge in [0, 0.05) is 5.56 Å². The maximum Gasteiger partial charge on any atom is 0.248 e. The van der Waals surface area contributed by atoms with Gasteiger partial charge >= 0.3 is 0 Å². The van der Waals surface area contributed by atoms with Crippen LogP contribution in [0.3, 0.4) is 0 Å². The molecule has 1 aliphatic rings. The molecule has 1 atom stereocenters. The number of hydrogen-bond donors (Lipinski definition) is 2. The maximum atomic E-state index is 10.9. The lowest BCUT2D eigenvalue weighted by Gasteiger charge is -2.10. The highest BCUT2D eigenvalue weighted by Gasteiger charge is 2.13. The minimum absolute atomic E-state index is 0.409. The van der Waals surface area contributed by atoms with Crippen molar-refractivity contribution in [2.24, 2.45) is 11.7 Å². The Labute approximate surface area is 101 Å². The Morgan fingerprint density at radius 1 is 1.41 bits per heavy atom. The number of carbonyl (C=O) groups is 1. The number of primary amides is 1. The number of hydrogen-bond acceptors (Lipinski definition) is 3. The van der Waals surface area contributed by atoms with Crippen LogP contribution < -0.4 is 15.8 Å². The van der Waals surface area contributed by atoms with E-state index in [1.165, 1.54) is 6.42 Å². The number of benzene rings is 1. The summed E-state index contributed by atoms with van der Waals surface area (Å²) in [6, 6.07) is 6.95. The fourth-order valence-corrected chi connectivity index (χ4v) is 2.02. The van der Waals surface area contributed by atoms with Gasteiger partial charge in [-0.05, 0) is 56.1 Å². The smallest absolute Gasteiger partial charge is 0.248 e. The Morgan fingerprint density at radius 3 is 2.76 bits per heavy atom. The van der Waals surface area contributed by atoms with Crippen LogP contribution in [0.1, 0.15) is 23.2 Å². The number of rotatable bonds is 5. The van der Waals surface area contributed by atoms with Gasteiger partial charge in [-0.25, -0.2) is 0 Å². The van der Waals surface area contributed by atoms with Crippen LogP contribution in [0.4, 0.5) is 0 Å². The first kappa shape index (κ1) is 11.9. The molecule has 1 fully saturated rings. The normalized spacial score (nSPS) is 19.2. The van der Waals surface area contributed by atoms with E-state index < -0.39 is 5.91 Å². The number of carbonyl (C=O) groups excluding carboxylic acids is 1. The fraction of sp³-hybridized carbons (Fsp3) is 0.462. The van der Waals surface area contributed by atoms with Crippen LogP contribution in [0, 0.1) is 5.92 Å². The average Bonchev–Trinajstić information content (AvgIpc) is 2.83. The first-order valence-corrected chi connectivity index (χ1v) is 5.99. The van der Waals surface area contributed by atoms with E-state index in [1.807, 2.05) is 0 Å². The van der Waals surface area contributed by atoms with E-state index in [1.54, 1.807) is 24.3 Å². The van der Waals surface area contributed by atoms with Crippen LogP contribution in [0.25, 0.3) is 0 Å². The quantitative estimate of drug-likeness (QED) is 0.803. The molecule has 4 nitrogen and oxygen atoms in total. The maximum absolute atomic E-state index is 10.9. The Morgan fingerprint density at radius 2 is 2.18 bits per heavy atom. The molecule has 0 saturated carbocycles. The molecule has 4 heteroatoms. The van der Waals surface area contributed by atoms with Gasteiger partial charge in [-0.15, -0.1) is 0 Å². The molecule has 1 unspecified atom stereocenters. The predicted molar refractivity (Wildman–Crippen MR) is 66.0 cm³/mol. The molecule has 0 radical (unpaired) electrons. The number of nitrogens with one attached hydrogen (secondary N) is 1. The summed E-state index contributed by atoms with van der Waals surface area (Å²) in [4.78, 5) is 10.9. The van der Waals surface area contributed by atoms with Crippen LogP contribution >= 0.6 is 0 Å². The largest absolute Gasteiger partial charge is 0.494 e. The van der Waals surface area contributed by atoms with Gasteiger partial charge in [0.1, 0.15) is 5.75 Å². The molecule has 1 aromatic rings. The third-order valence-electron chi connectivity index (χ3n) is 3.10. The second kappa shape index (κ2) is 5.68. The molecule has 17 heavy (non-hydrogen) atoms. The monoisotopic (exact) mass is 234 g/mol. The summed E-state index contributed by atoms with van der Waals surface area (Å²) in [5.41, 5.74) is 5.67. The summed E-state index contributed by atoms with van der Waals surface area (Å²) < 4.78 is 5.62. The van der Waals surface area contributed by atoms with E-state index in [-0.39, 0.29) is 0 Å². The van der Waals surface area contributed by atoms with Crippen LogP contribution in [-0.4, -0.2) is 25.6 Å². The molecule has 2 rings (SSSR count). The zero-order valence-corrected chi connectivity index (χ0v) is 9.82. The highest BCUT2D eigenvalue weighted by molar-refractivity contribution is 5.92. The molecule has 1 heterocycles. The molecule has 0 aliphatic carbocycles. The standard InChI is InChI=1S/C13H18N2O2/c14-13(16)11-1-3-12(4-2-11)17-8-6-10-5-7-15-9-10/h1-4,10,15H,5-9H2,(H2,14,16). The Kier molecular flexibility index (Phi) is 3.98. The van der Waals surface area contributed by atoms with Gasteiger partial charge in [0.15, 0.2) is 0 Å². The van der Waals surface area contributed by atoms with Crippen molar-refractivity contribution in [2.75, 3.05) is 19.7 Å². The van der Waals surface area contributed by atoms with Crippen molar-refractivity contribution < 1.29 is 9.53 Å². The molecule has 1 saturated heterocycles. The van der Waals surface area contributed by atoms with Gasteiger partial charge < -0.3 is 15.8 Å². The zero-order chi connectivity index (χ0) is 12.1. The molecule has 1 aromatic carbocycles. The molecule has 0 bridgehead atoms. The lowest BCUT2D eigenvalue weighted by Crippen LogP contribution is -2.12. The summed E-state index contributed by atoms with van der Waals surface area (Å²) in [6.07, 6.45) is 2.31. The number of amides is 1. The van der Waals surface area contributed by atoms with E-state index >= 15 is 0 Å². The van der Waals surface area contributed by atoms with E-state index in [0.29, 0.717) is 5.56 Å². The number of ether oxygens (including phenoxy) is 1. The minimum atomic E-state index is -0.409. The molecule has 3 N–H and O–H groups in total. The fourth-order valence-electron chi connectivity index (χ4n) is 2.02. The summed E-state index contributed by atoms with van der Waals surface area (Å²) in [7, 11) is 0. The Hall–Kier alpha value is -1.55. The van der Waals surface area contributed by atoms with Crippen molar-refractivity contribution >= 4 is 5.91 Å². The molecule has 0 aromatic heterocycles. The van der Waals surface area contributed by atoms with Crippen LogP contribution in [0.15, 0.2) is 24.3 Å². The van der Waals surface area contributed by atoms with E-state index in [4.69, 9.17) is 10.5 Å². The lowest BCUT2D eigenvalue weighted by atomic mass is 10.1. The molecule has 1 amide bonds.